The summed E-state index contributed by atoms with van der Waals surface area (Å²) >= 11 is 5.91. The van der Waals surface area contributed by atoms with Crippen molar-refractivity contribution in [3.05, 3.63) is 23.5 Å². The lowest BCUT2D eigenvalue weighted by atomic mass is 9.86. The van der Waals surface area contributed by atoms with Crippen molar-refractivity contribution < 1.29 is 0 Å². The fraction of sp³-hybridized carbons (Fsp3) is 0.615. The number of rotatable bonds is 2. The molecule has 1 heterocycles. The van der Waals surface area contributed by atoms with Crippen LogP contribution in [-0.2, 0) is 0 Å². The summed E-state index contributed by atoms with van der Waals surface area (Å²) in [7, 11) is 2.16. The zero-order chi connectivity index (χ0) is 11.5. The van der Waals surface area contributed by atoms with E-state index in [9.17, 15) is 0 Å². The molecule has 0 radical (unpaired) electrons. The van der Waals surface area contributed by atoms with Gasteiger partial charge in [-0.3, -0.25) is 0 Å². The summed E-state index contributed by atoms with van der Waals surface area (Å²) in [5.41, 5.74) is 1.18. The van der Waals surface area contributed by atoms with Gasteiger partial charge in [-0.25, -0.2) is 4.98 Å². The third kappa shape index (κ3) is 2.67. The number of anilines is 1. The van der Waals surface area contributed by atoms with E-state index in [1.807, 2.05) is 12.1 Å². The molecule has 1 aromatic heterocycles. The van der Waals surface area contributed by atoms with E-state index in [-0.39, 0.29) is 0 Å². The molecule has 2 nitrogen and oxygen atoms in total. The van der Waals surface area contributed by atoms with E-state index in [1.165, 1.54) is 31.4 Å². The Labute approximate surface area is 103 Å². The SMILES string of the molecule is CC1CCC(N(C)c2ccnc(Cl)c2)CC1. The lowest BCUT2D eigenvalue weighted by Gasteiger charge is -2.35. The van der Waals surface area contributed by atoms with E-state index in [1.54, 1.807) is 6.20 Å². The molecule has 0 N–H and O–H groups in total. The molecule has 88 valence electrons. The van der Waals surface area contributed by atoms with Crippen LogP contribution >= 0.6 is 11.6 Å². The largest absolute Gasteiger partial charge is 0.371 e. The smallest absolute Gasteiger partial charge is 0.131 e. The predicted octanol–water partition coefficient (Wildman–Crippen LogP) is 3.75. The van der Waals surface area contributed by atoms with Crippen LogP contribution in [0.15, 0.2) is 18.3 Å². The third-order valence-electron chi connectivity index (χ3n) is 3.65. The Kier molecular flexibility index (Phi) is 3.70. The zero-order valence-corrected chi connectivity index (χ0v) is 10.7. The lowest BCUT2D eigenvalue weighted by Crippen LogP contribution is -2.34. The Morgan fingerprint density at radius 1 is 1.31 bits per heavy atom. The van der Waals surface area contributed by atoms with E-state index in [2.05, 4.69) is 23.9 Å². The Morgan fingerprint density at radius 2 is 2.00 bits per heavy atom. The highest BCUT2D eigenvalue weighted by Gasteiger charge is 2.21. The van der Waals surface area contributed by atoms with E-state index in [0.29, 0.717) is 11.2 Å². The molecule has 2 rings (SSSR count). The molecule has 0 aliphatic heterocycles. The van der Waals surface area contributed by atoms with Crippen molar-refractivity contribution in [3.63, 3.8) is 0 Å². The van der Waals surface area contributed by atoms with E-state index in [0.717, 1.165) is 5.92 Å². The summed E-state index contributed by atoms with van der Waals surface area (Å²) in [5.74, 6) is 0.894. The number of nitrogens with zero attached hydrogens (tertiary/aromatic N) is 2. The number of hydrogen-bond donors (Lipinski definition) is 0. The Morgan fingerprint density at radius 3 is 2.62 bits per heavy atom. The van der Waals surface area contributed by atoms with Gasteiger partial charge >= 0.3 is 0 Å². The van der Waals surface area contributed by atoms with Gasteiger partial charge in [0.05, 0.1) is 0 Å². The van der Waals surface area contributed by atoms with E-state index >= 15 is 0 Å². The Balaban J connectivity index is 2.04. The van der Waals surface area contributed by atoms with Crippen LogP contribution in [0.3, 0.4) is 0 Å². The molecule has 3 heteroatoms. The maximum atomic E-state index is 5.91. The maximum absolute atomic E-state index is 5.91. The first-order valence-electron chi connectivity index (χ1n) is 6.01. The molecule has 1 aliphatic rings. The molecular weight excluding hydrogens is 220 g/mol. The van der Waals surface area contributed by atoms with Gasteiger partial charge in [0, 0.05) is 25.0 Å². The average molecular weight is 239 g/mol. The highest BCUT2D eigenvalue weighted by Crippen LogP contribution is 2.29. The van der Waals surface area contributed by atoms with Crippen LogP contribution in [0.25, 0.3) is 0 Å². The molecule has 1 saturated carbocycles. The van der Waals surface area contributed by atoms with Crippen LogP contribution in [0.4, 0.5) is 5.69 Å². The van der Waals surface area contributed by atoms with Crippen LogP contribution in [0, 0.1) is 5.92 Å². The summed E-state index contributed by atoms with van der Waals surface area (Å²) in [4.78, 5) is 6.36. The van der Waals surface area contributed by atoms with Gasteiger partial charge in [-0.15, -0.1) is 0 Å². The van der Waals surface area contributed by atoms with Crippen LogP contribution in [0.5, 0.6) is 0 Å². The van der Waals surface area contributed by atoms with Crippen LogP contribution in [0.1, 0.15) is 32.6 Å². The summed E-state index contributed by atoms with van der Waals surface area (Å²) < 4.78 is 0. The molecule has 0 amide bonds. The van der Waals surface area contributed by atoms with Crippen molar-refractivity contribution in [2.45, 2.75) is 38.6 Å². The standard InChI is InChI=1S/C13H19ClN2/c1-10-3-5-11(6-4-10)16(2)12-7-8-15-13(14)9-12/h7-11H,3-6H2,1-2H3. The average Bonchev–Trinajstić information content (AvgIpc) is 2.29. The van der Waals surface area contributed by atoms with Gasteiger partial charge in [0.1, 0.15) is 5.15 Å². The van der Waals surface area contributed by atoms with Crippen molar-refractivity contribution in [1.82, 2.24) is 4.98 Å². The fourth-order valence-corrected chi connectivity index (χ4v) is 2.62. The minimum atomic E-state index is 0.577. The van der Waals surface area contributed by atoms with Crippen molar-refractivity contribution in [1.29, 1.82) is 0 Å². The second-order valence-corrected chi connectivity index (χ2v) is 5.25. The zero-order valence-electron chi connectivity index (χ0n) is 9.99. The van der Waals surface area contributed by atoms with E-state index in [4.69, 9.17) is 11.6 Å². The van der Waals surface area contributed by atoms with Gasteiger partial charge in [0.2, 0.25) is 0 Å². The third-order valence-corrected chi connectivity index (χ3v) is 3.86. The second kappa shape index (κ2) is 5.05. The molecule has 16 heavy (non-hydrogen) atoms. The van der Waals surface area contributed by atoms with Crippen molar-refractivity contribution in [2.75, 3.05) is 11.9 Å². The van der Waals surface area contributed by atoms with Crippen LogP contribution in [0.2, 0.25) is 5.15 Å². The van der Waals surface area contributed by atoms with E-state index < -0.39 is 0 Å². The minimum Gasteiger partial charge on any atom is -0.371 e. The highest BCUT2D eigenvalue weighted by molar-refractivity contribution is 6.29. The fourth-order valence-electron chi connectivity index (χ4n) is 2.45. The van der Waals surface area contributed by atoms with Crippen LogP contribution in [-0.4, -0.2) is 18.1 Å². The molecule has 0 atom stereocenters. The Bertz CT molecular complexity index is 346. The van der Waals surface area contributed by atoms with Gasteiger partial charge < -0.3 is 4.90 Å². The first kappa shape index (κ1) is 11.7. The molecule has 1 aromatic rings. The first-order chi connectivity index (χ1) is 7.66. The maximum Gasteiger partial charge on any atom is 0.131 e. The number of halogens is 1. The Hall–Kier alpha value is -0.760. The van der Waals surface area contributed by atoms with Gasteiger partial charge in [-0.1, -0.05) is 18.5 Å². The first-order valence-corrected chi connectivity index (χ1v) is 6.39. The summed E-state index contributed by atoms with van der Waals surface area (Å²) in [6.45, 7) is 2.35. The number of pyridine rings is 1. The second-order valence-electron chi connectivity index (χ2n) is 4.86. The summed E-state index contributed by atoms with van der Waals surface area (Å²) in [6.07, 6.45) is 7.04. The molecule has 0 unspecified atom stereocenters. The monoisotopic (exact) mass is 238 g/mol. The predicted molar refractivity (Wildman–Crippen MR) is 69.1 cm³/mol. The highest BCUT2D eigenvalue weighted by atomic mass is 35.5. The molecular formula is C13H19ClN2. The summed E-state index contributed by atoms with van der Waals surface area (Å²) in [5, 5.41) is 0.577. The molecule has 0 aromatic carbocycles. The number of hydrogen-bond acceptors (Lipinski definition) is 2. The van der Waals surface area contributed by atoms with Crippen molar-refractivity contribution in [3.8, 4) is 0 Å². The lowest BCUT2D eigenvalue weighted by molar-refractivity contribution is 0.341. The van der Waals surface area contributed by atoms with Gasteiger partial charge in [-0.05, 0) is 43.7 Å². The van der Waals surface area contributed by atoms with Gasteiger partial charge in [0.25, 0.3) is 0 Å². The molecule has 0 bridgehead atoms. The normalized spacial score (nSPS) is 25.4. The van der Waals surface area contributed by atoms with Crippen molar-refractivity contribution in [2.24, 2.45) is 5.92 Å². The molecule has 1 fully saturated rings. The quantitative estimate of drug-likeness (QED) is 0.730. The minimum absolute atomic E-state index is 0.577. The molecule has 1 aliphatic carbocycles. The topological polar surface area (TPSA) is 16.1 Å². The number of aromatic nitrogens is 1. The van der Waals surface area contributed by atoms with Crippen LogP contribution < -0.4 is 4.90 Å². The van der Waals surface area contributed by atoms with Crippen molar-refractivity contribution >= 4 is 17.3 Å². The molecule has 0 spiro atoms. The van der Waals surface area contributed by atoms with Gasteiger partial charge in [0.15, 0.2) is 0 Å². The summed E-state index contributed by atoms with van der Waals surface area (Å²) in [6, 6.07) is 4.64. The van der Waals surface area contributed by atoms with Gasteiger partial charge in [-0.2, -0.15) is 0 Å². The molecule has 0 saturated heterocycles.